The first-order valence-electron chi connectivity index (χ1n) is 7.02. The Hall–Kier alpha value is -1.60. The van der Waals surface area contributed by atoms with Gasteiger partial charge in [-0.15, -0.1) is 0 Å². The monoisotopic (exact) mass is 308 g/mol. The fourth-order valence-electron chi connectivity index (χ4n) is 2.99. The first-order chi connectivity index (χ1) is 9.86. The normalized spacial score (nSPS) is 21.1. The Bertz CT molecular complexity index is 768. The molecule has 3 rings (SSSR count). The second kappa shape index (κ2) is 4.99. The number of nitrogens with zero attached hydrogens (tertiary/aromatic N) is 3. The molecule has 114 valence electrons. The van der Waals surface area contributed by atoms with Crippen LogP contribution in [0.1, 0.15) is 12.5 Å². The number of rotatable bonds is 2. The van der Waals surface area contributed by atoms with Crippen LogP contribution in [0.15, 0.2) is 18.3 Å². The number of sulfonamides is 1. The van der Waals surface area contributed by atoms with Gasteiger partial charge in [-0.2, -0.15) is 9.40 Å². The first-order valence-corrected chi connectivity index (χ1v) is 8.86. The fourth-order valence-corrected chi connectivity index (χ4v) is 3.89. The molecule has 2 aromatic rings. The smallest absolute Gasteiger partial charge is 0.211 e. The highest BCUT2D eigenvalue weighted by atomic mass is 32.2. The molecule has 0 radical (unpaired) electrons. The van der Waals surface area contributed by atoms with Gasteiger partial charge in [-0.05, 0) is 31.5 Å². The van der Waals surface area contributed by atoms with Gasteiger partial charge in [0.25, 0.3) is 0 Å². The maximum Gasteiger partial charge on any atom is 0.211 e. The van der Waals surface area contributed by atoms with E-state index in [1.807, 2.05) is 6.20 Å². The van der Waals surface area contributed by atoms with E-state index < -0.39 is 10.0 Å². The van der Waals surface area contributed by atoms with Crippen LogP contribution in [-0.4, -0.2) is 54.9 Å². The van der Waals surface area contributed by atoms with Gasteiger partial charge in [0.1, 0.15) is 0 Å². The van der Waals surface area contributed by atoms with Gasteiger partial charge in [-0.3, -0.25) is 5.10 Å². The molecule has 1 aromatic heterocycles. The molecule has 0 bridgehead atoms. The van der Waals surface area contributed by atoms with Gasteiger partial charge in [0.2, 0.25) is 10.0 Å². The molecule has 0 unspecified atom stereocenters. The molecule has 1 aliphatic heterocycles. The number of benzene rings is 1. The molecule has 7 heteroatoms. The largest absolute Gasteiger partial charge is 0.366 e. The summed E-state index contributed by atoms with van der Waals surface area (Å²) in [6, 6.07) is 4.35. The van der Waals surface area contributed by atoms with Crippen molar-refractivity contribution >= 4 is 26.6 Å². The summed E-state index contributed by atoms with van der Waals surface area (Å²) in [7, 11) is -3.12. The molecule has 1 fully saturated rings. The molecule has 21 heavy (non-hydrogen) atoms. The van der Waals surface area contributed by atoms with Crippen molar-refractivity contribution in [3.63, 3.8) is 0 Å². The second-order valence-electron chi connectivity index (χ2n) is 5.78. The number of aromatic amines is 1. The summed E-state index contributed by atoms with van der Waals surface area (Å²) in [6.07, 6.45) is 3.11. The molecular formula is C14H20N4O2S. The number of fused-ring (bicyclic) bond motifs is 1. The van der Waals surface area contributed by atoms with E-state index in [0.29, 0.717) is 19.6 Å². The number of anilines is 1. The Labute approximate surface area is 124 Å². The summed E-state index contributed by atoms with van der Waals surface area (Å²) >= 11 is 0. The van der Waals surface area contributed by atoms with E-state index in [9.17, 15) is 8.42 Å². The number of hydrogen-bond acceptors (Lipinski definition) is 4. The molecule has 1 aliphatic rings. The van der Waals surface area contributed by atoms with Gasteiger partial charge < -0.3 is 4.90 Å². The quantitative estimate of drug-likeness (QED) is 0.909. The second-order valence-corrected chi connectivity index (χ2v) is 7.76. The van der Waals surface area contributed by atoms with Crippen LogP contribution in [-0.2, 0) is 10.0 Å². The molecule has 6 nitrogen and oxygen atoms in total. The zero-order valence-electron chi connectivity index (χ0n) is 12.5. The number of aromatic nitrogens is 2. The highest BCUT2D eigenvalue weighted by Crippen LogP contribution is 2.30. The van der Waals surface area contributed by atoms with Crippen molar-refractivity contribution in [2.75, 3.05) is 30.8 Å². The lowest BCUT2D eigenvalue weighted by molar-refractivity contribution is 0.345. The maximum absolute atomic E-state index is 11.7. The van der Waals surface area contributed by atoms with Gasteiger partial charge in [-0.25, -0.2) is 8.42 Å². The molecular weight excluding hydrogens is 288 g/mol. The summed E-state index contributed by atoms with van der Waals surface area (Å²) in [6.45, 7) is 5.85. The highest BCUT2D eigenvalue weighted by molar-refractivity contribution is 7.88. The van der Waals surface area contributed by atoms with Crippen molar-refractivity contribution < 1.29 is 8.42 Å². The van der Waals surface area contributed by atoms with Gasteiger partial charge in [0.05, 0.1) is 18.0 Å². The van der Waals surface area contributed by atoms with Crippen molar-refractivity contribution in [1.29, 1.82) is 0 Å². The Balaban J connectivity index is 1.95. The molecule has 0 saturated carbocycles. The summed E-state index contributed by atoms with van der Waals surface area (Å²) in [5, 5.41) is 8.21. The summed E-state index contributed by atoms with van der Waals surface area (Å²) in [4.78, 5) is 2.27. The van der Waals surface area contributed by atoms with E-state index in [1.54, 1.807) is 4.31 Å². The van der Waals surface area contributed by atoms with Gasteiger partial charge in [-0.1, -0.05) is 0 Å². The number of H-pyrrole nitrogens is 1. The zero-order chi connectivity index (χ0) is 15.2. The SMILES string of the molecule is Cc1cc(N2CCN(S(C)(=O)=O)C[C@H]2C)c2cn[nH]c2c1. The molecule has 1 saturated heterocycles. The van der Waals surface area contributed by atoms with Crippen molar-refractivity contribution in [2.45, 2.75) is 19.9 Å². The van der Waals surface area contributed by atoms with E-state index in [2.05, 4.69) is 41.1 Å². The zero-order valence-corrected chi connectivity index (χ0v) is 13.3. The minimum atomic E-state index is -3.12. The summed E-state index contributed by atoms with van der Waals surface area (Å²) in [5.41, 5.74) is 3.31. The number of piperazine rings is 1. The van der Waals surface area contributed by atoms with Crippen LogP contribution in [0.25, 0.3) is 10.9 Å². The minimum absolute atomic E-state index is 0.133. The van der Waals surface area contributed by atoms with Crippen LogP contribution < -0.4 is 4.90 Å². The molecule has 0 spiro atoms. The summed E-state index contributed by atoms with van der Waals surface area (Å²) in [5.74, 6) is 0. The Morgan fingerprint density at radius 1 is 1.33 bits per heavy atom. The van der Waals surface area contributed by atoms with E-state index >= 15 is 0 Å². The van der Waals surface area contributed by atoms with Gasteiger partial charge >= 0.3 is 0 Å². The predicted molar refractivity (Wildman–Crippen MR) is 84.1 cm³/mol. The Morgan fingerprint density at radius 3 is 2.76 bits per heavy atom. The van der Waals surface area contributed by atoms with Crippen LogP contribution in [0.2, 0.25) is 0 Å². The average molecular weight is 308 g/mol. The minimum Gasteiger partial charge on any atom is -0.366 e. The predicted octanol–water partition coefficient (Wildman–Crippen LogP) is 1.34. The van der Waals surface area contributed by atoms with Gasteiger partial charge in [0, 0.05) is 36.7 Å². The molecule has 1 atom stereocenters. The number of aryl methyl sites for hydroxylation is 1. The number of nitrogens with one attached hydrogen (secondary N) is 1. The Morgan fingerprint density at radius 2 is 2.10 bits per heavy atom. The van der Waals surface area contributed by atoms with Crippen molar-refractivity contribution in [2.24, 2.45) is 0 Å². The lowest BCUT2D eigenvalue weighted by Gasteiger charge is -2.40. The van der Waals surface area contributed by atoms with Crippen LogP contribution in [0.3, 0.4) is 0 Å². The van der Waals surface area contributed by atoms with Crippen LogP contribution in [0, 0.1) is 6.92 Å². The van der Waals surface area contributed by atoms with E-state index in [0.717, 1.165) is 16.6 Å². The Kier molecular flexibility index (Phi) is 3.41. The average Bonchev–Trinajstić information content (AvgIpc) is 2.84. The van der Waals surface area contributed by atoms with Crippen molar-refractivity contribution in [3.8, 4) is 0 Å². The highest BCUT2D eigenvalue weighted by Gasteiger charge is 2.29. The third-order valence-electron chi connectivity index (χ3n) is 4.05. The first kappa shape index (κ1) is 14.3. The fraction of sp³-hybridized carbons (Fsp3) is 0.500. The lowest BCUT2D eigenvalue weighted by atomic mass is 10.1. The molecule has 0 aliphatic carbocycles. The third kappa shape index (κ3) is 2.63. The lowest BCUT2D eigenvalue weighted by Crippen LogP contribution is -2.53. The molecule has 2 heterocycles. The third-order valence-corrected chi connectivity index (χ3v) is 5.32. The molecule has 0 amide bonds. The standard InChI is InChI=1S/C14H20N4O2S/c1-10-6-13-12(8-15-16-13)14(7-10)18-5-4-17(9-11(18)2)21(3,19)20/h6-8,11H,4-5,9H2,1-3H3,(H,15,16)/t11-/m1/s1. The maximum atomic E-state index is 11.7. The summed E-state index contributed by atoms with van der Waals surface area (Å²) < 4.78 is 24.9. The topological polar surface area (TPSA) is 69.3 Å². The molecule has 1 N–H and O–H groups in total. The number of hydrogen-bond donors (Lipinski definition) is 1. The molecule has 1 aromatic carbocycles. The van der Waals surface area contributed by atoms with Gasteiger partial charge in [0.15, 0.2) is 0 Å². The van der Waals surface area contributed by atoms with E-state index in [-0.39, 0.29) is 6.04 Å². The van der Waals surface area contributed by atoms with Crippen molar-refractivity contribution in [1.82, 2.24) is 14.5 Å². The van der Waals surface area contributed by atoms with Crippen LogP contribution in [0.5, 0.6) is 0 Å². The van der Waals surface area contributed by atoms with E-state index in [4.69, 9.17) is 0 Å². The van der Waals surface area contributed by atoms with Crippen LogP contribution >= 0.6 is 0 Å². The van der Waals surface area contributed by atoms with Crippen molar-refractivity contribution in [3.05, 3.63) is 23.9 Å². The van der Waals surface area contributed by atoms with E-state index in [1.165, 1.54) is 11.8 Å². The van der Waals surface area contributed by atoms with Crippen LogP contribution in [0.4, 0.5) is 5.69 Å².